The van der Waals surface area contributed by atoms with Gasteiger partial charge < -0.3 is 20.4 Å². The number of aliphatic carboxylic acids is 1. The van der Waals surface area contributed by atoms with E-state index in [1.165, 1.54) is 11.8 Å². The van der Waals surface area contributed by atoms with Crippen LogP contribution in [-0.2, 0) is 20.8 Å². The number of carboxylic acids is 1. The fraction of sp³-hybridized carbons (Fsp3) is 0.438. The highest BCUT2D eigenvalue weighted by atomic mass is 127. The largest absolute Gasteiger partial charge is 0.480 e. The minimum absolute atomic E-state index is 0.0856. The maximum atomic E-state index is 12.4. The summed E-state index contributed by atoms with van der Waals surface area (Å²) in [5.74, 6) is -2.02. The minimum atomic E-state index is -1.14. The quantitative estimate of drug-likeness (QED) is 0.568. The lowest BCUT2D eigenvalue weighted by Crippen LogP contribution is -2.51. The average Bonchev–Trinajstić information content (AvgIpc) is 2.91. The van der Waals surface area contributed by atoms with Gasteiger partial charge in [-0.3, -0.25) is 9.59 Å². The number of rotatable bonds is 5. The summed E-state index contributed by atoms with van der Waals surface area (Å²) in [6.07, 6.45) is -0.515. The Balaban J connectivity index is 2.06. The number of nitrogens with one attached hydrogen (secondary N) is 1. The van der Waals surface area contributed by atoms with Crippen molar-refractivity contribution in [3.8, 4) is 0 Å². The van der Waals surface area contributed by atoms with Crippen molar-refractivity contribution in [1.82, 2.24) is 10.2 Å². The lowest BCUT2D eigenvalue weighted by atomic mass is 10.1. The van der Waals surface area contributed by atoms with Crippen LogP contribution in [0.25, 0.3) is 0 Å². The van der Waals surface area contributed by atoms with Crippen molar-refractivity contribution < 1.29 is 24.6 Å². The highest BCUT2D eigenvalue weighted by Crippen LogP contribution is 2.18. The fourth-order valence-electron chi connectivity index (χ4n) is 2.73. The molecule has 1 heterocycles. The Hall–Kier alpha value is -1.68. The number of carbonyl (C=O) groups excluding carboxylic acids is 2. The molecule has 2 rings (SSSR count). The Labute approximate surface area is 153 Å². The third-order valence-electron chi connectivity index (χ3n) is 3.95. The second-order valence-electron chi connectivity index (χ2n) is 5.81. The smallest absolute Gasteiger partial charge is 0.326 e. The van der Waals surface area contributed by atoms with Crippen molar-refractivity contribution in [3.63, 3.8) is 0 Å². The molecular weight excluding hydrogens is 427 g/mol. The Morgan fingerprint density at radius 1 is 1.33 bits per heavy atom. The third kappa shape index (κ3) is 4.67. The molecule has 1 saturated heterocycles. The van der Waals surface area contributed by atoms with Crippen molar-refractivity contribution in [2.45, 2.75) is 38.0 Å². The number of aliphatic hydroxyl groups is 1. The van der Waals surface area contributed by atoms with Gasteiger partial charge in [0.15, 0.2) is 0 Å². The molecule has 0 aromatic heterocycles. The summed E-state index contributed by atoms with van der Waals surface area (Å²) in [7, 11) is 0. The molecule has 8 heteroatoms. The molecule has 0 unspecified atom stereocenters. The number of nitrogens with zero attached hydrogens (tertiary/aromatic N) is 1. The molecule has 7 nitrogen and oxygen atoms in total. The normalized spacial score (nSPS) is 21.4. The van der Waals surface area contributed by atoms with E-state index >= 15 is 0 Å². The first-order chi connectivity index (χ1) is 11.3. The number of carboxylic acid groups (broad SMARTS) is 1. The average molecular weight is 446 g/mol. The molecule has 1 aliphatic rings. The maximum absolute atomic E-state index is 12.4. The van der Waals surface area contributed by atoms with Crippen LogP contribution in [-0.4, -0.2) is 57.6 Å². The van der Waals surface area contributed by atoms with Gasteiger partial charge in [-0.15, -0.1) is 0 Å². The molecule has 1 aromatic rings. The van der Waals surface area contributed by atoms with Crippen molar-refractivity contribution in [1.29, 1.82) is 0 Å². The van der Waals surface area contributed by atoms with Gasteiger partial charge in [-0.05, 0) is 40.3 Å². The molecule has 0 radical (unpaired) electrons. The van der Waals surface area contributed by atoms with Crippen LogP contribution in [0.2, 0.25) is 0 Å². The lowest BCUT2D eigenvalue weighted by Gasteiger charge is -2.24. The van der Waals surface area contributed by atoms with E-state index in [9.17, 15) is 24.6 Å². The first kappa shape index (κ1) is 18.7. The van der Waals surface area contributed by atoms with Crippen LogP contribution in [0.1, 0.15) is 18.9 Å². The summed E-state index contributed by atoms with van der Waals surface area (Å²) in [5.41, 5.74) is 0.790. The summed E-state index contributed by atoms with van der Waals surface area (Å²) in [4.78, 5) is 36.7. The summed E-state index contributed by atoms with van der Waals surface area (Å²) in [5, 5.41) is 21.5. The predicted molar refractivity (Wildman–Crippen MR) is 94.2 cm³/mol. The van der Waals surface area contributed by atoms with Gasteiger partial charge in [0.05, 0.1) is 6.10 Å². The number of halogens is 1. The van der Waals surface area contributed by atoms with Crippen LogP contribution in [0.4, 0.5) is 0 Å². The summed E-state index contributed by atoms with van der Waals surface area (Å²) in [6.45, 7) is 1.40. The van der Waals surface area contributed by atoms with Gasteiger partial charge in [-0.25, -0.2) is 4.79 Å². The number of aliphatic hydroxyl groups excluding tert-OH is 1. The molecule has 3 N–H and O–H groups in total. The number of benzene rings is 1. The fourth-order valence-corrected chi connectivity index (χ4v) is 3.09. The topological polar surface area (TPSA) is 107 Å². The zero-order chi connectivity index (χ0) is 17.9. The standard InChI is InChI=1S/C16H19IN2O5/c1-9(20)19-8-12(21)7-14(19)15(22)18-13(16(23)24)6-10-2-4-11(17)5-3-10/h2-5,12-14,21H,6-8H2,1H3,(H,18,22)(H,23,24)/t12-,13+,14+/m1/s1. The first-order valence-corrected chi connectivity index (χ1v) is 8.58. The van der Waals surface area contributed by atoms with E-state index in [4.69, 9.17) is 0 Å². The van der Waals surface area contributed by atoms with Gasteiger partial charge in [-0.1, -0.05) is 12.1 Å². The van der Waals surface area contributed by atoms with Gasteiger partial charge >= 0.3 is 5.97 Å². The molecule has 24 heavy (non-hydrogen) atoms. The van der Waals surface area contributed by atoms with Crippen molar-refractivity contribution in [2.75, 3.05) is 6.54 Å². The van der Waals surface area contributed by atoms with E-state index in [-0.39, 0.29) is 25.3 Å². The second-order valence-corrected chi connectivity index (χ2v) is 7.05. The summed E-state index contributed by atoms with van der Waals surface area (Å²) in [6, 6.07) is 5.42. The highest BCUT2D eigenvalue weighted by molar-refractivity contribution is 14.1. The number of likely N-dealkylation sites (tertiary alicyclic amines) is 1. The van der Waals surface area contributed by atoms with Crippen LogP contribution in [0.3, 0.4) is 0 Å². The zero-order valence-corrected chi connectivity index (χ0v) is 15.3. The molecule has 2 amide bonds. The molecule has 0 aliphatic carbocycles. The SMILES string of the molecule is CC(=O)N1C[C@H](O)C[C@H]1C(=O)N[C@@H](Cc1ccc(I)cc1)C(=O)O. The molecule has 130 valence electrons. The summed E-state index contributed by atoms with van der Waals surface area (Å²) < 4.78 is 1.03. The van der Waals surface area contributed by atoms with Crippen LogP contribution in [0.15, 0.2) is 24.3 Å². The second kappa shape index (κ2) is 7.93. The number of hydrogen-bond acceptors (Lipinski definition) is 4. The number of hydrogen-bond donors (Lipinski definition) is 3. The monoisotopic (exact) mass is 446 g/mol. The zero-order valence-electron chi connectivity index (χ0n) is 13.1. The van der Waals surface area contributed by atoms with E-state index in [0.29, 0.717) is 0 Å². The Kier molecular flexibility index (Phi) is 6.16. The first-order valence-electron chi connectivity index (χ1n) is 7.51. The van der Waals surface area contributed by atoms with E-state index in [1.807, 2.05) is 24.3 Å². The molecule has 1 aliphatic heterocycles. The van der Waals surface area contributed by atoms with Crippen molar-refractivity contribution in [2.24, 2.45) is 0 Å². The van der Waals surface area contributed by atoms with Crippen molar-refractivity contribution in [3.05, 3.63) is 33.4 Å². The molecular formula is C16H19IN2O5. The van der Waals surface area contributed by atoms with Crippen LogP contribution in [0.5, 0.6) is 0 Å². The van der Waals surface area contributed by atoms with Gasteiger partial charge in [0.1, 0.15) is 12.1 Å². The van der Waals surface area contributed by atoms with Gasteiger partial charge in [0.25, 0.3) is 0 Å². The molecule has 1 fully saturated rings. The Morgan fingerprint density at radius 2 is 1.96 bits per heavy atom. The summed E-state index contributed by atoms with van der Waals surface area (Å²) >= 11 is 2.15. The molecule has 0 bridgehead atoms. The Morgan fingerprint density at radius 3 is 2.50 bits per heavy atom. The molecule has 0 saturated carbocycles. The molecule has 3 atom stereocenters. The number of carbonyl (C=O) groups is 3. The lowest BCUT2D eigenvalue weighted by molar-refractivity contribution is -0.143. The van der Waals surface area contributed by atoms with Crippen molar-refractivity contribution >= 4 is 40.4 Å². The number of amides is 2. The third-order valence-corrected chi connectivity index (χ3v) is 4.67. The van der Waals surface area contributed by atoms with Crippen LogP contribution < -0.4 is 5.32 Å². The van der Waals surface area contributed by atoms with Crippen LogP contribution in [0, 0.1) is 3.57 Å². The predicted octanol–water partition coefficient (Wildman–Crippen LogP) is 0.385. The molecule has 0 spiro atoms. The van der Waals surface area contributed by atoms with E-state index in [1.54, 1.807) is 0 Å². The van der Waals surface area contributed by atoms with Gasteiger partial charge in [-0.2, -0.15) is 0 Å². The number of β-amino-alcohol motifs (C(OH)–C–C–N with tert-alkyl or cyclic N) is 1. The highest BCUT2D eigenvalue weighted by Gasteiger charge is 2.38. The Bertz CT molecular complexity index is 634. The minimum Gasteiger partial charge on any atom is -0.480 e. The van der Waals surface area contributed by atoms with Gasteiger partial charge in [0.2, 0.25) is 11.8 Å². The van der Waals surface area contributed by atoms with E-state index in [0.717, 1.165) is 9.13 Å². The van der Waals surface area contributed by atoms with Crippen LogP contribution >= 0.6 is 22.6 Å². The maximum Gasteiger partial charge on any atom is 0.326 e. The van der Waals surface area contributed by atoms with E-state index in [2.05, 4.69) is 27.9 Å². The van der Waals surface area contributed by atoms with Gasteiger partial charge in [0, 0.05) is 29.9 Å². The van der Waals surface area contributed by atoms with E-state index < -0.39 is 30.1 Å². The molecule has 1 aromatic carbocycles.